The Kier molecular flexibility index (Phi) is 4.53. The van der Waals surface area contributed by atoms with Crippen LogP contribution in [0.2, 0.25) is 0 Å². The average molecular weight is 349 g/mol. The summed E-state index contributed by atoms with van der Waals surface area (Å²) in [5.41, 5.74) is 1.01. The highest BCUT2D eigenvalue weighted by Gasteiger charge is 2.30. The number of aromatic nitrogens is 2. The third-order valence-electron chi connectivity index (χ3n) is 4.02. The summed E-state index contributed by atoms with van der Waals surface area (Å²) < 4.78 is 1.56. The van der Waals surface area contributed by atoms with Crippen LogP contribution in [0.25, 0.3) is 10.9 Å². The first kappa shape index (κ1) is 16.4. The van der Waals surface area contributed by atoms with E-state index in [1.165, 1.54) is 13.3 Å². The smallest absolute Gasteiger partial charge is 0.261 e. The van der Waals surface area contributed by atoms with Gasteiger partial charge in [0.1, 0.15) is 5.88 Å². The van der Waals surface area contributed by atoms with Crippen molar-refractivity contribution in [3.05, 3.63) is 34.9 Å². The van der Waals surface area contributed by atoms with E-state index in [0.717, 1.165) is 0 Å². The molecule has 0 bridgehead atoms. The Morgan fingerprint density at radius 1 is 1.38 bits per heavy atom. The van der Waals surface area contributed by atoms with Crippen molar-refractivity contribution in [2.45, 2.75) is 13.5 Å². The van der Waals surface area contributed by atoms with E-state index in [1.807, 2.05) is 0 Å². The van der Waals surface area contributed by atoms with E-state index in [2.05, 4.69) is 10.3 Å². The number of likely N-dealkylation sites (tertiary alicyclic amines) is 1. The van der Waals surface area contributed by atoms with Gasteiger partial charge in [-0.1, -0.05) is 0 Å². The van der Waals surface area contributed by atoms with Gasteiger partial charge in [-0.25, -0.2) is 4.98 Å². The maximum absolute atomic E-state index is 12.5. The maximum atomic E-state index is 12.5. The first-order valence-corrected chi connectivity index (χ1v) is 8.12. The highest BCUT2D eigenvalue weighted by Crippen LogP contribution is 2.18. The van der Waals surface area contributed by atoms with Crippen LogP contribution in [0.3, 0.4) is 0 Å². The molecule has 1 aromatic carbocycles. The Hall–Kier alpha value is -2.41. The molecule has 2 aromatic rings. The summed E-state index contributed by atoms with van der Waals surface area (Å²) in [6.45, 7) is 3.16. The van der Waals surface area contributed by atoms with Gasteiger partial charge in [0.25, 0.3) is 5.56 Å². The number of benzene rings is 1. The van der Waals surface area contributed by atoms with Crippen molar-refractivity contribution in [3.8, 4) is 0 Å². The third-order valence-corrected chi connectivity index (χ3v) is 4.25. The summed E-state index contributed by atoms with van der Waals surface area (Å²) in [5.74, 6) is -0.0419. The number of halogens is 1. The zero-order valence-corrected chi connectivity index (χ0v) is 13.9. The van der Waals surface area contributed by atoms with E-state index in [0.29, 0.717) is 36.2 Å². The number of hydrogen-bond donors (Lipinski definition) is 1. The Morgan fingerprint density at radius 3 is 2.79 bits per heavy atom. The summed E-state index contributed by atoms with van der Waals surface area (Å²) in [7, 11) is 0. The van der Waals surface area contributed by atoms with Gasteiger partial charge in [0.2, 0.25) is 11.8 Å². The zero-order valence-electron chi connectivity index (χ0n) is 13.2. The van der Waals surface area contributed by atoms with Crippen molar-refractivity contribution in [2.75, 3.05) is 24.3 Å². The molecular formula is C16H17ClN4O3. The zero-order chi connectivity index (χ0) is 17.3. The van der Waals surface area contributed by atoms with Crippen LogP contribution in [0, 0.1) is 5.92 Å². The van der Waals surface area contributed by atoms with E-state index in [9.17, 15) is 14.4 Å². The molecule has 7 nitrogen and oxygen atoms in total. The number of nitrogens with one attached hydrogen (secondary N) is 1. The summed E-state index contributed by atoms with van der Waals surface area (Å²) in [6.07, 6.45) is 1.51. The van der Waals surface area contributed by atoms with Crippen molar-refractivity contribution in [1.82, 2.24) is 14.5 Å². The second kappa shape index (κ2) is 6.60. The molecule has 0 unspecified atom stereocenters. The molecule has 1 aliphatic heterocycles. The monoisotopic (exact) mass is 348 g/mol. The summed E-state index contributed by atoms with van der Waals surface area (Å²) >= 11 is 5.52. The van der Waals surface area contributed by atoms with E-state index in [-0.39, 0.29) is 29.2 Å². The SMILES string of the molecule is CC(=O)Nc1ccc2c(=O)n(CC3CN(C(=O)CCl)C3)cnc2c1. The van der Waals surface area contributed by atoms with E-state index in [1.54, 1.807) is 27.7 Å². The number of hydrogen-bond acceptors (Lipinski definition) is 4. The molecule has 1 N–H and O–H groups in total. The number of alkyl halides is 1. The van der Waals surface area contributed by atoms with Crippen LogP contribution in [0.5, 0.6) is 0 Å². The summed E-state index contributed by atoms with van der Waals surface area (Å²) in [5, 5.41) is 3.17. The fourth-order valence-corrected chi connectivity index (χ4v) is 2.99. The maximum Gasteiger partial charge on any atom is 0.261 e. The fourth-order valence-electron chi connectivity index (χ4n) is 2.82. The lowest BCUT2D eigenvalue weighted by Gasteiger charge is -2.39. The molecule has 126 valence electrons. The molecule has 0 saturated carbocycles. The number of carbonyl (C=O) groups is 2. The van der Waals surface area contributed by atoms with Crippen molar-refractivity contribution in [1.29, 1.82) is 0 Å². The molecule has 0 aliphatic carbocycles. The number of carbonyl (C=O) groups excluding carboxylic acids is 2. The number of amides is 2. The van der Waals surface area contributed by atoms with Gasteiger partial charge in [-0.15, -0.1) is 11.6 Å². The largest absolute Gasteiger partial charge is 0.341 e. The lowest BCUT2D eigenvalue weighted by molar-refractivity contribution is -0.135. The first-order valence-electron chi connectivity index (χ1n) is 7.58. The number of fused-ring (bicyclic) bond motifs is 1. The first-order chi connectivity index (χ1) is 11.5. The van der Waals surface area contributed by atoms with Crippen LogP contribution in [-0.4, -0.2) is 45.2 Å². The predicted octanol–water partition coefficient (Wildman–Crippen LogP) is 1.05. The minimum atomic E-state index is -0.177. The predicted molar refractivity (Wildman–Crippen MR) is 91.1 cm³/mol. The molecule has 24 heavy (non-hydrogen) atoms. The van der Waals surface area contributed by atoms with Crippen LogP contribution in [0.15, 0.2) is 29.3 Å². The standard InChI is InChI=1S/C16H17ClN4O3/c1-10(22)19-12-2-3-13-14(4-12)18-9-21(16(13)24)8-11-6-20(7-11)15(23)5-17/h2-4,9,11H,5-8H2,1H3,(H,19,22). The van der Waals surface area contributed by atoms with Crippen molar-refractivity contribution < 1.29 is 9.59 Å². The summed E-state index contributed by atoms with van der Waals surface area (Å²) in [4.78, 5) is 41.0. The minimum absolute atomic E-state index is 0.0131. The topological polar surface area (TPSA) is 84.3 Å². The molecule has 1 aliphatic rings. The van der Waals surface area contributed by atoms with E-state index in [4.69, 9.17) is 11.6 Å². The normalized spacial score (nSPS) is 14.5. The molecule has 1 aromatic heterocycles. The van der Waals surface area contributed by atoms with Crippen LogP contribution in [0.1, 0.15) is 6.92 Å². The second-order valence-corrected chi connectivity index (χ2v) is 6.18. The second-order valence-electron chi connectivity index (χ2n) is 5.91. The average Bonchev–Trinajstić information content (AvgIpc) is 2.51. The Morgan fingerprint density at radius 2 is 2.12 bits per heavy atom. The molecule has 8 heteroatoms. The van der Waals surface area contributed by atoms with Gasteiger partial charge in [0, 0.05) is 38.2 Å². The van der Waals surface area contributed by atoms with Gasteiger partial charge >= 0.3 is 0 Å². The number of anilines is 1. The highest BCUT2D eigenvalue weighted by molar-refractivity contribution is 6.27. The molecule has 3 rings (SSSR count). The van der Waals surface area contributed by atoms with Crippen LogP contribution < -0.4 is 10.9 Å². The molecule has 2 amide bonds. The number of rotatable bonds is 4. The van der Waals surface area contributed by atoms with Gasteiger partial charge in [-0.05, 0) is 18.2 Å². The lowest BCUT2D eigenvalue weighted by Crippen LogP contribution is -2.52. The van der Waals surface area contributed by atoms with Crippen molar-refractivity contribution in [2.24, 2.45) is 5.92 Å². The number of nitrogens with zero attached hydrogens (tertiary/aromatic N) is 3. The Bertz CT molecular complexity index is 858. The molecule has 0 atom stereocenters. The highest BCUT2D eigenvalue weighted by atomic mass is 35.5. The van der Waals surface area contributed by atoms with Gasteiger partial charge < -0.3 is 10.2 Å². The van der Waals surface area contributed by atoms with Gasteiger partial charge in [-0.3, -0.25) is 19.0 Å². The summed E-state index contributed by atoms with van der Waals surface area (Å²) in [6, 6.07) is 5.02. The van der Waals surface area contributed by atoms with Gasteiger partial charge in [-0.2, -0.15) is 0 Å². The van der Waals surface area contributed by atoms with E-state index < -0.39 is 0 Å². The third kappa shape index (κ3) is 3.26. The molecule has 1 fully saturated rings. The molecule has 2 heterocycles. The van der Waals surface area contributed by atoms with Crippen molar-refractivity contribution in [3.63, 3.8) is 0 Å². The fraction of sp³-hybridized carbons (Fsp3) is 0.375. The quantitative estimate of drug-likeness (QED) is 0.837. The lowest BCUT2D eigenvalue weighted by atomic mass is 10.00. The van der Waals surface area contributed by atoms with Crippen LogP contribution in [0.4, 0.5) is 5.69 Å². The minimum Gasteiger partial charge on any atom is -0.341 e. The van der Waals surface area contributed by atoms with Gasteiger partial charge in [0.15, 0.2) is 0 Å². The Labute approximate surface area is 143 Å². The molecule has 0 spiro atoms. The molecule has 0 radical (unpaired) electrons. The van der Waals surface area contributed by atoms with E-state index >= 15 is 0 Å². The molecular weight excluding hydrogens is 332 g/mol. The van der Waals surface area contributed by atoms with Crippen molar-refractivity contribution >= 4 is 40.0 Å². The molecule has 1 saturated heterocycles. The Balaban J connectivity index is 1.76. The van der Waals surface area contributed by atoms with Gasteiger partial charge in [0.05, 0.1) is 17.2 Å². The van der Waals surface area contributed by atoms with Crippen LogP contribution in [-0.2, 0) is 16.1 Å². The van der Waals surface area contributed by atoms with Crippen LogP contribution >= 0.6 is 11.6 Å².